The van der Waals surface area contributed by atoms with Crippen LogP contribution in [0.2, 0.25) is 0 Å². The van der Waals surface area contributed by atoms with Gasteiger partial charge in [0.05, 0.1) is 0 Å². The maximum atomic E-state index is 12.3. The van der Waals surface area contributed by atoms with Crippen molar-refractivity contribution in [1.82, 2.24) is 4.90 Å². The van der Waals surface area contributed by atoms with E-state index in [9.17, 15) is 4.79 Å². The Morgan fingerprint density at radius 3 is 2.53 bits per heavy atom. The zero-order chi connectivity index (χ0) is 12.4. The summed E-state index contributed by atoms with van der Waals surface area (Å²) < 4.78 is 0. The highest BCUT2D eigenvalue weighted by Gasteiger charge is 2.22. The van der Waals surface area contributed by atoms with Crippen LogP contribution in [0.25, 0.3) is 0 Å². The molecular weight excluding hydrogens is 214 g/mol. The Hall–Kier alpha value is -1.71. The molecule has 1 fully saturated rings. The van der Waals surface area contributed by atoms with Gasteiger partial charge in [-0.2, -0.15) is 0 Å². The van der Waals surface area contributed by atoms with Gasteiger partial charge < -0.3 is 16.4 Å². The number of rotatable bonds is 1. The molecule has 4 heteroatoms. The van der Waals surface area contributed by atoms with Gasteiger partial charge in [0.25, 0.3) is 5.91 Å². The van der Waals surface area contributed by atoms with Crippen LogP contribution < -0.4 is 11.5 Å². The molecule has 17 heavy (non-hydrogen) atoms. The molecule has 4 nitrogen and oxygen atoms in total. The van der Waals surface area contributed by atoms with Crippen molar-refractivity contribution < 1.29 is 4.79 Å². The third kappa shape index (κ3) is 2.70. The maximum absolute atomic E-state index is 12.3. The van der Waals surface area contributed by atoms with Crippen LogP contribution in [-0.4, -0.2) is 23.9 Å². The lowest BCUT2D eigenvalue weighted by Gasteiger charge is -2.31. The number of hydrogen-bond acceptors (Lipinski definition) is 3. The number of benzene rings is 1. The van der Waals surface area contributed by atoms with Crippen LogP contribution in [-0.2, 0) is 0 Å². The Morgan fingerprint density at radius 1 is 1.29 bits per heavy atom. The Kier molecular flexibility index (Phi) is 3.22. The van der Waals surface area contributed by atoms with Crippen LogP contribution >= 0.6 is 0 Å². The number of likely N-dealkylation sites (tertiary alicyclic amines) is 1. The molecule has 0 aliphatic carbocycles. The summed E-state index contributed by atoms with van der Waals surface area (Å²) in [7, 11) is 0. The molecule has 1 atom stereocenters. The molecule has 1 aromatic carbocycles. The molecule has 1 aliphatic rings. The van der Waals surface area contributed by atoms with Crippen molar-refractivity contribution >= 4 is 17.3 Å². The van der Waals surface area contributed by atoms with Gasteiger partial charge in [-0.3, -0.25) is 4.79 Å². The predicted octanol–water partition coefficient (Wildman–Crippen LogP) is 1.72. The van der Waals surface area contributed by atoms with Gasteiger partial charge in [-0.1, -0.05) is 6.92 Å². The molecule has 0 unspecified atom stereocenters. The first-order valence-corrected chi connectivity index (χ1v) is 6.01. The molecule has 0 aromatic heterocycles. The molecule has 1 aromatic rings. The molecule has 1 heterocycles. The van der Waals surface area contributed by atoms with Crippen molar-refractivity contribution in [2.45, 2.75) is 19.8 Å². The summed E-state index contributed by atoms with van der Waals surface area (Å²) in [5.74, 6) is 0.613. The fraction of sp³-hybridized carbons (Fsp3) is 0.462. The predicted molar refractivity (Wildman–Crippen MR) is 69.6 cm³/mol. The highest BCUT2D eigenvalue weighted by atomic mass is 16.2. The molecule has 0 saturated carbocycles. The van der Waals surface area contributed by atoms with Crippen LogP contribution in [0.15, 0.2) is 18.2 Å². The van der Waals surface area contributed by atoms with E-state index in [2.05, 4.69) is 6.92 Å². The maximum Gasteiger partial charge on any atom is 0.254 e. The summed E-state index contributed by atoms with van der Waals surface area (Å²) in [6.45, 7) is 3.83. The van der Waals surface area contributed by atoms with Gasteiger partial charge in [-0.05, 0) is 37.0 Å². The quantitative estimate of drug-likeness (QED) is 0.725. The number of amides is 1. The lowest BCUT2D eigenvalue weighted by Crippen LogP contribution is -2.39. The topological polar surface area (TPSA) is 72.3 Å². The molecule has 0 spiro atoms. The van der Waals surface area contributed by atoms with Crippen LogP contribution in [0.5, 0.6) is 0 Å². The number of anilines is 2. The minimum Gasteiger partial charge on any atom is -0.399 e. The Bertz CT molecular complexity index is 410. The second-order valence-corrected chi connectivity index (χ2v) is 4.89. The van der Waals surface area contributed by atoms with E-state index in [1.807, 2.05) is 4.90 Å². The molecule has 0 bridgehead atoms. The molecule has 2 rings (SSSR count). The largest absolute Gasteiger partial charge is 0.399 e. The molecule has 1 aliphatic heterocycles. The van der Waals surface area contributed by atoms with Crippen LogP contribution in [0, 0.1) is 5.92 Å². The average Bonchev–Trinajstić information content (AvgIpc) is 2.26. The summed E-state index contributed by atoms with van der Waals surface area (Å²) >= 11 is 0. The molecule has 4 N–H and O–H groups in total. The number of carbonyl (C=O) groups excluding carboxylic acids is 1. The van der Waals surface area contributed by atoms with E-state index in [1.54, 1.807) is 18.2 Å². The first-order chi connectivity index (χ1) is 8.06. The first kappa shape index (κ1) is 11.8. The van der Waals surface area contributed by atoms with Gasteiger partial charge in [0, 0.05) is 30.0 Å². The smallest absolute Gasteiger partial charge is 0.254 e. The molecule has 1 saturated heterocycles. The standard InChI is InChI=1S/C13H19N3O/c1-9-3-2-4-16(8-9)13(17)10-5-11(14)7-12(15)6-10/h5-7,9H,2-4,8,14-15H2,1H3/t9-/m1/s1. The van der Waals surface area contributed by atoms with E-state index in [4.69, 9.17) is 11.5 Å². The lowest BCUT2D eigenvalue weighted by atomic mass is 9.99. The van der Waals surface area contributed by atoms with Crippen LogP contribution in [0.4, 0.5) is 11.4 Å². The number of nitrogen functional groups attached to an aromatic ring is 2. The van der Waals surface area contributed by atoms with E-state index in [0.29, 0.717) is 22.9 Å². The van der Waals surface area contributed by atoms with Crippen molar-refractivity contribution in [2.24, 2.45) is 5.92 Å². The van der Waals surface area contributed by atoms with E-state index in [1.165, 1.54) is 6.42 Å². The SMILES string of the molecule is C[C@@H]1CCCN(C(=O)c2cc(N)cc(N)c2)C1. The summed E-state index contributed by atoms with van der Waals surface area (Å²) in [5, 5.41) is 0. The fourth-order valence-electron chi connectivity index (χ4n) is 2.36. The highest BCUT2D eigenvalue weighted by molar-refractivity contribution is 5.96. The van der Waals surface area contributed by atoms with Crippen molar-refractivity contribution in [1.29, 1.82) is 0 Å². The van der Waals surface area contributed by atoms with Crippen LogP contribution in [0.3, 0.4) is 0 Å². The second kappa shape index (κ2) is 4.65. The Morgan fingerprint density at radius 2 is 1.94 bits per heavy atom. The van der Waals surface area contributed by atoms with E-state index < -0.39 is 0 Å². The summed E-state index contributed by atoms with van der Waals surface area (Å²) in [5.41, 5.74) is 13.1. The summed E-state index contributed by atoms with van der Waals surface area (Å²) in [4.78, 5) is 14.2. The van der Waals surface area contributed by atoms with Gasteiger partial charge in [0.15, 0.2) is 0 Å². The second-order valence-electron chi connectivity index (χ2n) is 4.89. The van der Waals surface area contributed by atoms with Gasteiger partial charge in [-0.15, -0.1) is 0 Å². The number of nitrogens with zero attached hydrogens (tertiary/aromatic N) is 1. The third-order valence-electron chi connectivity index (χ3n) is 3.17. The monoisotopic (exact) mass is 233 g/mol. The van der Waals surface area contributed by atoms with E-state index >= 15 is 0 Å². The third-order valence-corrected chi connectivity index (χ3v) is 3.17. The van der Waals surface area contributed by atoms with E-state index in [-0.39, 0.29) is 5.91 Å². The number of carbonyl (C=O) groups is 1. The Balaban J connectivity index is 2.18. The van der Waals surface area contributed by atoms with Gasteiger partial charge in [0.2, 0.25) is 0 Å². The number of piperidine rings is 1. The Labute approximate surface area is 102 Å². The van der Waals surface area contributed by atoms with Crippen molar-refractivity contribution in [3.8, 4) is 0 Å². The summed E-state index contributed by atoms with van der Waals surface area (Å²) in [6, 6.07) is 5.05. The highest BCUT2D eigenvalue weighted by Crippen LogP contribution is 2.20. The fourth-order valence-corrected chi connectivity index (χ4v) is 2.36. The van der Waals surface area contributed by atoms with Gasteiger partial charge >= 0.3 is 0 Å². The number of hydrogen-bond donors (Lipinski definition) is 2. The normalized spacial score (nSPS) is 20.3. The number of nitrogens with two attached hydrogens (primary N) is 2. The van der Waals surface area contributed by atoms with Gasteiger partial charge in [-0.25, -0.2) is 0 Å². The molecule has 1 amide bonds. The van der Waals surface area contributed by atoms with E-state index in [0.717, 1.165) is 19.5 Å². The minimum atomic E-state index is 0.0375. The average molecular weight is 233 g/mol. The zero-order valence-electron chi connectivity index (χ0n) is 10.1. The van der Waals surface area contributed by atoms with Crippen molar-refractivity contribution in [2.75, 3.05) is 24.6 Å². The molecule has 92 valence electrons. The molecule has 0 radical (unpaired) electrons. The lowest BCUT2D eigenvalue weighted by molar-refractivity contribution is 0.0683. The van der Waals surface area contributed by atoms with Crippen molar-refractivity contribution in [3.05, 3.63) is 23.8 Å². The first-order valence-electron chi connectivity index (χ1n) is 6.01. The molecular formula is C13H19N3O. The summed E-state index contributed by atoms with van der Waals surface area (Å²) in [6.07, 6.45) is 2.27. The van der Waals surface area contributed by atoms with Gasteiger partial charge in [0.1, 0.15) is 0 Å². The zero-order valence-corrected chi connectivity index (χ0v) is 10.1. The minimum absolute atomic E-state index is 0.0375. The van der Waals surface area contributed by atoms with Crippen LogP contribution in [0.1, 0.15) is 30.1 Å². The van der Waals surface area contributed by atoms with Crippen molar-refractivity contribution in [3.63, 3.8) is 0 Å².